The summed E-state index contributed by atoms with van der Waals surface area (Å²) in [5, 5.41) is 29.8. The van der Waals surface area contributed by atoms with Gasteiger partial charge in [0, 0.05) is 36.9 Å². The molecular weight excluding hydrogens is 510 g/mol. The number of halogens is 2. The van der Waals surface area contributed by atoms with Crippen LogP contribution in [0.3, 0.4) is 0 Å². The molecule has 0 radical (unpaired) electrons. The molecular formula is C25H24F2N10O2. The SMILES string of the molecule is CC(C)(O)C(F)CNC(=O)c1cnc(-n2ncc3cc(C#N)cnc32)cc1NC1CN(c2ncc(F)cn2)C1. The van der Waals surface area contributed by atoms with Gasteiger partial charge >= 0.3 is 0 Å². The fourth-order valence-corrected chi connectivity index (χ4v) is 3.96. The summed E-state index contributed by atoms with van der Waals surface area (Å²) in [6.45, 7) is 3.22. The van der Waals surface area contributed by atoms with E-state index in [2.05, 4.69) is 35.7 Å². The van der Waals surface area contributed by atoms with E-state index in [9.17, 15) is 18.7 Å². The quantitative estimate of drug-likeness (QED) is 0.304. The van der Waals surface area contributed by atoms with Crippen molar-refractivity contribution in [3.63, 3.8) is 0 Å². The highest BCUT2D eigenvalue weighted by Crippen LogP contribution is 2.25. The van der Waals surface area contributed by atoms with Gasteiger partial charge in [0.25, 0.3) is 5.91 Å². The zero-order chi connectivity index (χ0) is 27.7. The summed E-state index contributed by atoms with van der Waals surface area (Å²) in [6, 6.07) is 5.20. The highest BCUT2D eigenvalue weighted by atomic mass is 19.1. The minimum Gasteiger partial charge on any atom is -0.387 e. The van der Waals surface area contributed by atoms with Gasteiger partial charge < -0.3 is 20.6 Å². The lowest BCUT2D eigenvalue weighted by molar-refractivity contribution is -0.00177. The molecule has 5 heterocycles. The van der Waals surface area contributed by atoms with Crippen molar-refractivity contribution in [2.45, 2.75) is 31.7 Å². The Labute approximate surface area is 221 Å². The topological polar surface area (TPSA) is 158 Å². The van der Waals surface area contributed by atoms with E-state index in [1.165, 1.54) is 30.9 Å². The number of rotatable bonds is 8. The van der Waals surface area contributed by atoms with Gasteiger partial charge in [0.05, 0.1) is 53.6 Å². The molecule has 0 aliphatic carbocycles. The standard InChI is InChI=1S/C25H24F2N10O2/c1-25(2,39)20(27)11-31-23(38)18-10-29-21(37-22-15(7-34-37)3-14(5-28)6-30-22)4-19(18)35-17-12-36(13-17)24-32-8-16(26)9-33-24/h3-4,6-10,17,20,39H,11-13H2,1-2H3,(H,29,35)(H,31,38). The first-order valence-electron chi connectivity index (χ1n) is 12.0. The number of pyridine rings is 2. The van der Waals surface area contributed by atoms with Crippen LogP contribution in [0.5, 0.6) is 0 Å². The van der Waals surface area contributed by atoms with Crippen LogP contribution in [0.2, 0.25) is 0 Å². The molecule has 0 bridgehead atoms. The molecule has 0 spiro atoms. The van der Waals surface area contributed by atoms with Gasteiger partial charge in [-0.2, -0.15) is 15.0 Å². The second-order valence-corrected chi connectivity index (χ2v) is 9.67. The van der Waals surface area contributed by atoms with E-state index in [0.29, 0.717) is 47.1 Å². The van der Waals surface area contributed by atoms with Gasteiger partial charge in [-0.05, 0) is 19.9 Å². The smallest absolute Gasteiger partial charge is 0.255 e. The molecule has 12 nitrogen and oxygen atoms in total. The number of hydrogen-bond donors (Lipinski definition) is 3. The molecule has 1 atom stereocenters. The van der Waals surface area contributed by atoms with Crippen molar-refractivity contribution in [1.29, 1.82) is 5.26 Å². The Balaban J connectivity index is 1.41. The van der Waals surface area contributed by atoms with Gasteiger partial charge in [-0.25, -0.2) is 28.7 Å². The third kappa shape index (κ3) is 5.43. The highest BCUT2D eigenvalue weighted by Gasteiger charge is 2.31. The second-order valence-electron chi connectivity index (χ2n) is 9.67. The van der Waals surface area contributed by atoms with Crippen LogP contribution in [0.15, 0.2) is 43.1 Å². The molecule has 14 heteroatoms. The fourth-order valence-electron chi connectivity index (χ4n) is 3.96. The van der Waals surface area contributed by atoms with E-state index in [1.54, 1.807) is 18.3 Å². The summed E-state index contributed by atoms with van der Waals surface area (Å²) in [7, 11) is 0. The maximum atomic E-state index is 14.3. The lowest BCUT2D eigenvalue weighted by Gasteiger charge is -2.40. The summed E-state index contributed by atoms with van der Waals surface area (Å²) in [5.41, 5.74) is -0.180. The number of nitrogens with zero attached hydrogens (tertiary/aromatic N) is 8. The summed E-state index contributed by atoms with van der Waals surface area (Å²) >= 11 is 0. The van der Waals surface area contributed by atoms with Crippen molar-refractivity contribution in [3.8, 4) is 11.9 Å². The maximum Gasteiger partial charge on any atom is 0.255 e. The molecule has 0 saturated carbocycles. The summed E-state index contributed by atoms with van der Waals surface area (Å²) in [4.78, 5) is 31.5. The number of alkyl halides is 1. The van der Waals surface area contributed by atoms with Crippen molar-refractivity contribution in [1.82, 2.24) is 35.0 Å². The number of fused-ring (bicyclic) bond motifs is 1. The highest BCUT2D eigenvalue weighted by molar-refractivity contribution is 5.99. The molecule has 1 saturated heterocycles. The Kier molecular flexibility index (Phi) is 6.75. The van der Waals surface area contributed by atoms with Gasteiger partial charge in [0.15, 0.2) is 17.3 Å². The van der Waals surface area contributed by atoms with Crippen molar-refractivity contribution in [2.24, 2.45) is 0 Å². The van der Waals surface area contributed by atoms with Gasteiger partial charge in [-0.1, -0.05) is 0 Å². The van der Waals surface area contributed by atoms with Crippen LogP contribution < -0.4 is 15.5 Å². The number of aromatic nitrogens is 6. The molecule has 4 aromatic rings. The molecule has 1 aliphatic heterocycles. The Morgan fingerprint density at radius 2 is 1.92 bits per heavy atom. The van der Waals surface area contributed by atoms with Gasteiger partial charge in [0.2, 0.25) is 5.95 Å². The van der Waals surface area contributed by atoms with Crippen LogP contribution in [0.1, 0.15) is 29.8 Å². The van der Waals surface area contributed by atoms with Crippen LogP contribution in [0, 0.1) is 17.1 Å². The maximum absolute atomic E-state index is 14.3. The summed E-state index contributed by atoms with van der Waals surface area (Å²) < 4.78 is 28.9. The van der Waals surface area contributed by atoms with Crippen LogP contribution >= 0.6 is 0 Å². The summed E-state index contributed by atoms with van der Waals surface area (Å²) in [5.74, 6) is -0.365. The third-order valence-electron chi connectivity index (χ3n) is 6.23. The van der Waals surface area contributed by atoms with Crippen LogP contribution in [-0.2, 0) is 0 Å². The number of amides is 1. The van der Waals surface area contributed by atoms with E-state index < -0.39 is 30.0 Å². The van der Waals surface area contributed by atoms with E-state index in [1.807, 2.05) is 11.0 Å². The molecule has 1 aliphatic rings. The molecule has 1 unspecified atom stereocenters. The second kappa shape index (κ2) is 10.2. The number of carbonyl (C=O) groups excluding carboxylic acids is 1. The van der Waals surface area contributed by atoms with Gasteiger partial charge in [-0.15, -0.1) is 0 Å². The summed E-state index contributed by atoms with van der Waals surface area (Å²) in [6.07, 6.45) is 4.84. The minimum absolute atomic E-state index is 0.114. The Hall–Kier alpha value is -4.77. The molecule has 3 N–H and O–H groups in total. The number of hydrogen-bond acceptors (Lipinski definition) is 10. The lowest BCUT2D eigenvalue weighted by atomic mass is 10.0. The van der Waals surface area contributed by atoms with E-state index in [0.717, 1.165) is 12.4 Å². The molecule has 4 aromatic heterocycles. The van der Waals surface area contributed by atoms with E-state index >= 15 is 0 Å². The van der Waals surface area contributed by atoms with Gasteiger partial charge in [-0.3, -0.25) is 4.79 Å². The van der Waals surface area contributed by atoms with Crippen molar-refractivity contribution in [2.75, 3.05) is 29.9 Å². The van der Waals surface area contributed by atoms with Crippen LogP contribution in [0.4, 0.5) is 20.4 Å². The number of nitrogens with one attached hydrogen (secondary N) is 2. The van der Waals surface area contributed by atoms with E-state index in [-0.39, 0.29) is 11.6 Å². The largest absolute Gasteiger partial charge is 0.387 e. The molecule has 39 heavy (non-hydrogen) atoms. The number of nitriles is 1. The van der Waals surface area contributed by atoms with Crippen LogP contribution in [0.25, 0.3) is 16.9 Å². The Morgan fingerprint density at radius 1 is 1.18 bits per heavy atom. The number of anilines is 2. The van der Waals surface area contributed by atoms with Gasteiger partial charge in [0.1, 0.15) is 12.2 Å². The first kappa shape index (κ1) is 25.9. The molecule has 0 aromatic carbocycles. The minimum atomic E-state index is -1.68. The Bertz CT molecular complexity index is 1560. The molecule has 5 rings (SSSR count). The molecule has 1 fully saturated rings. The Morgan fingerprint density at radius 3 is 2.62 bits per heavy atom. The van der Waals surface area contributed by atoms with Crippen LogP contribution in [-0.4, -0.2) is 78.2 Å². The normalized spacial score (nSPS) is 14.5. The molecule has 1 amide bonds. The first-order chi connectivity index (χ1) is 18.6. The van der Waals surface area contributed by atoms with Crippen molar-refractivity contribution >= 4 is 28.6 Å². The zero-order valence-corrected chi connectivity index (χ0v) is 21.0. The average molecular weight is 535 g/mol. The average Bonchev–Trinajstić information content (AvgIpc) is 3.32. The lowest BCUT2D eigenvalue weighted by Crippen LogP contribution is -2.55. The first-order valence-corrected chi connectivity index (χ1v) is 12.0. The monoisotopic (exact) mass is 534 g/mol. The number of aliphatic hydroxyl groups is 1. The predicted octanol–water partition coefficient (Wildman–Crippen LogP) is 1.76. The van der Waals surface area contributed by atoms with Crippen molar-refractivity contribution < 1.29 is 18.7 Å². The van der Waals surface area contributed by atoms with E-state index in [4.69, 9.17) is 5.26 Å². The fraction of sp³-hybridized carbons (Fsp3) is 0.320. The molecule has 200 valence electrons. The third-order valence-corrected chi connectivity index (χ3v) is 6.23. The predicted molar refractivity (Wildman–Crippen MR) is 137 cm³/mol. The van der Waals surface area contributed by atoms with Crippen molar-refractivity contribution in [3.05, 3.63) is 60.1 Å². The zero-order valence-electron chi connectivity index (χ0n) is 21.0. The number of carbonyl (C=O) groups is 1.